The Morgan fingerprint density at radius 3 is 2.58 bits per heavy atom. The first kappa shape index (κ1) is 12.7. The van der Waals surface area contributed by atoms with Gasteiger partial charge in [0.25, 0.3) is 0 Å². The highest BCUT2D eigenvalue weighted by Gasteiger charge is 2.19. The lowest BCUT2D eigenvalue weighted by atomic mass is 9.97. The quantitative estimate of drug-likeness (QED) is 0.760. The zero-order valence-electron chi connectivity index (χ0n) is 11.8. The standard InChI is InChI=1S/C18H23N/c1-14-9-10-15(18-8-3-2-7-17(14)18)6-4-5-13-19-16-11-12-16/h2-3,7-10,16,19H,4-6,11-13H2,1H3. The molecule has 19 heavy (non-hydrogen) atoms. The number of fused-ring (bicyclic) bond motifs is 1. The first-order chi connectivity index (χ1) is 9.34. The molecule has 0 radical (unpaired) electrons. The van der Waals surface area contributed by atoms with Crippen LogP contribution >= 0.6 is 0 Å². The number of benzene rings is 2. The Kier molecular flexibility index (Phi) is 3.84. The van der Waals surface area contributed by atoms with E-state index in [1.807, 2.05) is 0 Å². The fourth-order valence-corrected chi connectivity index (χ4v) is 2.76. The van der Waals surface area contributed by atoms with Crippen molar-refractivity contribution in [3.63, 3.8) is 0 Å². The maximum absolute atomic E-state index is 3.59. The summed E-state index contributed by atoms with van der Waals surface area (Å²) in [6.45, 7) is 3.39. The van der Waals surface area contributed by atoms with Crippen molar-refractivity contribution in [2.75, 3.05) is 6.54 Å². The lowest BCUT2D eigenvalue weighted by Crippen LogP contribution is -2.17. The van der Waals surface area contributed by atoms with Gasteiger partial charge in [-0.15, -0.1) is 0 Å². The molecular formula is C18H23N. The molecule has 1 saturated carbocycles. The maximum Gasteiger partial charge on any atom is 0.00682 e. The van der Waals surface area contributed by atoms with Crippen LogP contribution in [-0.2, 0) is 6.42 Å². The number of hydrogen-bond acceptors (Lipinski definition) is 1. The topological polar surface area (TPSA) is 12.0 Å². The van der Waals surface area contributed by atoms with E-state index in [4.69, 9.17) is 0 Å². The van der Waals surface area contributed by atoms with Gasteiger partial charge in [-0.25, -0.2) is 0 Å². The van der Waals surface area contributed by atoms with E-state index in [1.165, 1.54) is 60.5 Å². The van der Waals surface area contributed by atoms with Crippen molar-refractivity contribution in [3.05, 3.63) is 47.5 Å². The molecule has 2 aromatic rings. The van der Waals surface area contributed by atoms with E-state index in [0.29, 0.717) is 0 Å². The minimum Gasteiger partial charge on any atom is -0.314 e. The van der Waals surface area contributed by atoms with E-state index in [-0.39, 0.29) is 0 Å². The first-order valence-electron chi connectivity index (χ1n) is 7.55. The zero-order chi connectivity index (χ0) is 13.1. The number of unbranched alkanes of at least 4 members (excludes halogenated alkanes) is 1. The molecule has 2 aromatic carbocycles. The van der Waals surface area contributed by atoms with Crippen LogP contribution in [0.2, 0.25) is 0 Å². The smallest absolute Gasteiger partial charge is 0.00682 e. The van der Waals surface area contributed by atoms with E-state index >= 15 is 0 Å². The minimum atomic E-state index is 0.847. The second-order valence-electron chi connectivity index (χ2n) is 5.77. The van der Waals surface area contributed by atoms with Gasteiger partial charge in [-0.2, -0.15) is 0 Å². The van der Waals surface area contributed by atoms with Crippen LogP contribution in [0.25, 0.3) is 10.8 Å². The van der Waals surface area contributed by atoms with Crippen molar-refractivity contribution < 1.29 is 0 Å². The second kappa shape index (κ2) is 5.75. The zero-order valence-corrected chi connectivity index (χ0v) is 11.8. The van der Waals surface area contributed by atoms with Gasteiger partial charge >= 0.3 is 0 Å². The highest BCUT2D eigenvalue weighted by Crippen LogP contribution is 2.23. The number of rotatable bonds is 6. The Balaban J connectivity index is 1.61. The van der Waals surface area contributed by atoms with E-state index < -0.39 is 0 Å². The Bertz CT molecular complexity index is 555. The monoisotopic (exact) mass is 253 g/mol. The third-order valence-electron chi connectivity index (χ3n) is 4.12. The largest absolute Gasteiger partial charge is 0.314 e. The predicted octanol–water partition coefficient (Wildman–Crippen LogP) is 4.22. The van der Waals surface area contributed by atoms with Crippen LogP contribution in [0.3, 0.4) is 0 Å². The third-order valence-corrected chi connectivity index (χ3v) is 4.12. The molecule has 0 saturated heterocycles. The van der Waals surface area contributed by atoms with Crippen LogP contribution in [0.1, 0.15) is 36.8 Å². The summed E-state index contributed by atoms with van der Waals surface area (Å²) in [5, 5.41) is 6.44. The molecule has 0 bridgehead atoms. The molecule has 1 aliphatic rings. The van der Waals surface area contributed by atoms with Crippen molar-refractivity contribution in [2.24, 2.45) is 0 Å². The Hall–Kier alpha value is -1.34. The van der Waals surface area contributed by atoms with Crippen molar-refractivity contribution >= 4 is 10.8 Å². The fraction of sp³-hybridized carbons (Fsp3) is 0.444. The molecule has 3 rings (SSSR count). The van der Waals surface area contributed by atoms with Crippen molar-refractivity contribution in [2.45, 2.75) is 45.1 Å². The predicted molar refractivity (Wildman–Crippen MR) is 82.6 cm³/mol. The van der Waals surface area contributed by atoms with Crippen LogP contribution < -0.4 is 5.32 Å². The summed E-state index contributed by atoms with van der Waals surface area (Å²) in [7, 11) is 0. The average molecular weight is 253 g/mol. The van der Waals surface area contributed by atoms with Crippen LogP contribution in [0.15, 0.2) is 36.4 Å². The van der Waals surface area contributed by atoms with Gasteiger partial charge in [0, 0.05) is 6.04 Å². The molecule has 0 aromatic heterocycles. The normalized spacial score (nSPS) is 15.0. The first-order valence-corrected chi connectivity index (χ1v) is 7.55. The minimum absolute atomic E-state index is 0.847. The molecule has 100 valence electrons. The van der Waals surface area contributed by atoms with E-state index in [1.54, 1.807) is 0 Å². The summed E-state index contributed by atoms with van der Waals surface area (Å²) in [6.07, 6.45) is 6.56. The van der Waals surface area contributed by atoms with Crippen molar-refractivity contribution in [3.8, 4) is 0 Å². The van der Waals surface area contributed by atoms with Crippen molar-refractivity contribution in [1.29, 1.82) is 0 Å². The average Bonchev–Trinajstić information content (AvgIpc) is 3.25. The highest BCUT2D eigenvalue weighted by atomic mass is 14.9. The Morgan fingerprint density at radius 2 is 1.79 bits per heavy atom. The summed E-state index contributed by atoms with van der Waals surface area (Å²) < 4.78 is 0. The van der Waals surface area contributed by atoms with E-state index in [0.717, 1.165) is 6.04 Å². The van der Waals surface area contributed by atoms with Gasteiger partial charge in [0.05, 0.1) is 0 Å². The van der Waals surface area contributed by atoms with Gasteiger partial charge in [0.2, 0.25) is 0 Å². The molecule has 0 spiro atoms. The highest BCUT2D eigenvalue weighted by molar-refractivity contribution is 5.88. The van der Waals surface area contributed by atoms with Crippen molar-refractivity contribution in [1.82, 2.24) is 5.32 Å². The summed E-state index contributed by atoms with van der Waals surface area (Å²) >= 11 is 0. The third kappa shape index (κ3) is 3.16. The Labute approximate surface area is 116 Å². The van der Waals surface area contributed by atoms with Gasteiger partial charge < -0.3 is 5.32 Å². The van der Waals surface area contributed by atoms with Crippen LogP contribution in [0.5, 0.6) is 0 Å². The molecule has 0 aliphatic heterocycles. The molecule has 1 N–H and O–H groups in total. The SMILES string of the molecule is Cc1ccc(CCCCNC2CC2)c2ccccc12. The number of hydrogen-bond donors (Lipinski definition) is 1. The van der Waals surface area contributed by atoms with E-state index in [9.17, 15) is 0 Å². The maximum atomic E-state index is 3.59. The Morgan fingerprint density at radius 1 is 1.00 bits per heavy atom. The van der Waals surface area contributed by atoms with Crippen LogP contribution in [-0.4, -0.2) is 12.6 Å². The molecule has 1 fully saturated rings. The van der Waals surface area contributed by atoms with E-state index in [2.05, 4.69) is 48.6 Å². The molecular weight excluding hydrogens is 230 g/mol. The molecule has 1 heteroatoms. The molecule has 1 aliphatic carbocycles. The van der Waals surface area contributed by atoms with Crippen LogP contribution in [0.4, 0.5) is 0 Å². The van der Waals surface area contributed by atoms with Gasteiger partial charge in [0.15, 0.2) is 0 Å². The van der Waals surface area contributed by atoms with Gasteiger partial charge in [-0.3, -0.25) is 0 Å². The fourth-order valence-electron chi connectivity index (χ4n) is 2.76. The molecule has 1 nitrogen and oxygen atoms in total. The number of nitrogens with one attached hydrogen (secondary N) is 1. The summed E-state index contributed by atoms with van der Waals surface area (Å²) in [4.78, 5) is 0. The molecule has 0 atom stereocenters. The van der Waals surface area contributed by atoms with Gasteiger partial charge in [0.1, 0.15) is 0 Å². The van der Waals surface area contributed by atoms with Gasteiger partial charge in [-0.1, -0.05) is 36.4 Å². The lowest BCUT2D eigenvalue weighted by molar-refractivity contribution is 0.620. The molecule has 0 unspecified atom stereocenters. The van der Waals surface area contributed by atoms with Gasteiger partial charge in [-0.05, 0) is 67.5 Å². The number of aryl methyl sites for hydroxylation is 2. The lowest BCUT2D eigenvalue weighted by Gasteiger charge is -2.09. The second-order valence-corrected chi connectivity index (χ2v) is 5.77. The summed E-state index contributed by atoms with van der Waals surface area (Å²) in [5.41, 5.74) is 2.89. The van der Waals surface area contributed by atoms with Crippen LogP contribution in [0, 0.1) is 6.92 Å². The summed E-state index contributed by atoms with van der Waals surface area (Å²) in [5.74, 6) is 0. The molecule has 0 heterocycles. The summed E-state index contributed by atoms with van der Waals surface area (Å²) in [6, 6.07) is 14.2. The molecule has 0 amide bonds.